The summed E-state index contributed by atoms with van der Waals surface area (Å²) in [7, 11) is 0. The zero-order valence-corrected chi connectivity index (χ0v) is 14.7. The molecule has 1 heterocycles. The molecule has 0 unspecified atom stereocenters. The Labute approximate surface area is 156 Å². The lowest BCUT2D eigenvalue weighted by Crippen LogP contribution is -2.12. The Balaban J connectivity index is 1.76. The fourth-order valence-electron chi connectivity index (χ4n) is 2.38. The molecule has 130 valence electrons. The largest absolute Gasteiger partial charge is 0.354 e. The summed E-state index contributed by atoms with van der Waals surface area (Å²) in [6.45, 7) is 1.52. The van der Waals surface area contributed by atoms with E-state index in [0.29, 0.717) is 27.5 Å². The van der Waals surface area contributed by atoms with E-state index in [1.165, 1.54) is 13.1 Å². The second-order valence-corrected chi connectivity index (χ2v) is 6.13. The molecule has 1 amide bonds. The van der Waals surface area contributed by atoms with Crippen LogP contribution in [-0.4, -0.2) is 16.7 Å². The maximum Gasteiger partial charge on any atom is 0.257 e. The van der Waals surface area contributed by atoms with E-state index in [-0.39, 0.29) is 11.7 Å². The number of Topliss-reactive ketones (excluding diaryl/α,β-unsaturated/α-hetero) is 1. The first-order chi connectivity index (χ1) is 12.5. The lowest BCUT2D eigenvalue weighted by atomic mass is 10.1. The van der Waals surface area contributed by atoms with E-state index in [1.54, 1.807) is 54.7 Å². The molecule has 0 saturated heterocycles. The van der Waals surface area contributed by atoms with Gasteiger partial charge in [-0.1, -0.05) is 29.8 Å². The van der Waals surface area contributed by atoms with Crippen LogP contribution >= 0.6 is 11.6 Å². The summed E-state index contributed by atoms with van der Waals surface area (Å²) in [5.41, 5.74) is 3.00. The van der Waals surface area contributed by atoms with Crippen LogP contribution in [0.5, 0.6) is 0 Å². The Bertz CT molecular complexity index is 973. The first-order valence-corrected chi connectivity index (χ1v) is 8.29. The SMILES string of the molecule is CC(=O)c1cccc(Nc2cncc(C(=O)Nc3cccc(Cl)c3)c2)c1. The van der Waals surface area contributed by atoms with Gasteiger partial charge >= 0.3 is 0 Å². The quantitative estimate of drug-likeness (QED) is 0.628. The van der Waals surface area contributed by atoms with Crippen molar-refractivity contribution in [1.29, 1.82) is 0 Å². The fourth-order valence-corrected chi connectivity index (χ4v) is 2.57. The molecule has 0 aliphatic heterocycles. The molecular weight excluding hydrogens is 350 g/mol. The van der Waals surface area contributed by atoms with Gasteiger partial charge in [-0.05, 0) is 43.3 Å². The third-order valence-corrected chi connectivity index (χ3v) is 3.88. The Morgan fingerprint density at radius 2 is 1.62 bits per heavy atom. The van der Waals surface area contributed by atoms with E-state index in [2.05, 4.69) is 15.6 Å². The molecule has 1 aromatic heterocycles. The molecule has 6 heteroatoms. The van der Waals surface area contributed by atoms with Crippen LogP contribution in [-0.2, 0) is 0 Å². The number of benzene rings is 2. The number of rotatable bonds is 5. The number of ketones is 1. The summed E-state index contributed by atoms with van der Waals surface area (Å²) < 4.78 is 0. The number of amides is 1. The molecule has 0 saturated carbocycles. The summed E-state index contributed by atoms with van der Waals surface area (Å²) in [5.74, 6) is -0.303. The minimum Gasteiger partial charge on any atom is -0.354 e. The summed E-state index contributed by atoms with van der Waals surface area (Å²) in [5, 5.41) is 6.47. The van der Waals surface area contributed by atoms with Gasteiger partial charge in [-0.15, -0.1) is 0 Å². The number of carbonyl (C=O) groups is 2. The highest BCUT2D eigenvalue weighted by molar-refractivity contribution is 6.31. The predicted octanol–water partition coefficient (Wildman–Crippen LogP) is 4.93. The van der Waals surface area contributed by atoms with Gasteiger partial charge in [-0.3, -0.25) is 14.6 Å². The number of aromatic nitrogens is 1. The molecule has 26 heavy (non-hydrogen) atoms. The zero-order chi connectivity index (χ0) is 18.5. The van der Waals surface area contributed by atoms with Crippen LogP contribution in [0.2, 0.25) is 5.02 Å². The number of hydrogen-bond acceptors (Lipinski definition) is 4. The number of pyridine rings is 1. The Morgan fingerprint density at radius 1 is 0.885 bits per heavy atom. The zero-order valence-electron chi connectivity index (χ0n) is 14.0. The van der Waals surface area contributed by atoms with Crippen LogP contribution in [0.25, 0.3) is 0 Å². The number of nitrogens with zero attached hydrogens (tertiary/aromatic N) is 1. The number of halogens is 1. The summed E-state index contributed by atoms with van der Waals surface area (Å²) in [6, 6.07) is 15.7. The lowest BCUT2D eigenvalue weighted by Gasteiger charge is -2.09. The van der Waals surface area contributed by atoms with Crippen molar-refractivity contribution in [3.05, 3.63) is 83.1 Å². The Hall–Kier alpha value is -3.18. The first kappa shape index (κ1) is 17.6. The highest BCUT2D eigenvalue weighted by Crippen LogP contribution is 2.20. The molecule has 0 spiro atoms. The third kappa shape index (κ3) is 4.46. The number of hydrogen-bond donors (Lipinski definition) is 2. The van der Waals surface area contributed by atoms with Crippen molar-refractivity contribution in [3.63, 3.8) is 0 Å². The Kier molecular flexibility index (Phi) is 5.29. The van der Waals surface area contributed by atoms with Crippen molar-refractivity contribution in [3.8, 4) is 0 Å². The van der Waals surface area contributed by atoms with Crippen LogP contribution in [0.1, 0.15) is 27.6 Å². The van der Waals surface area contributed by atoms with Crippen molar-refractivity contribution >= 4 is 40.4 Å². The molecule has 0 fully saturated rings. The van der Waals surface area contributed by atoms with Gasteiger partial charge in [0.15, 0.2) is 5.78 Å². The molecule has 0 bridgehead atoms. The van der Waals surface area contributed by atoms with Gasteiger partial charge in [0.1, 0.15) is 0 Å². The number of nitrogens with one attached hydrogen (secondary N) is 2. The van der Waals surface area contributed by atoms with E-state index in [1.807, 2.05) is 6.07 Å². The number of carbonyl (C=O) groups excluding carboxylic acids is 2. The maximum atomic E-state index is 12.4. The highest BCUT2D eigenvalue weighted by Gasteiger charge is 2.09. The second-order valence-electron chi connectivity index (χ2n) is 5.69. The van der Waals surface area contributed by atoms with Gasteiger partial charge in [-0.25, -0.2) is 0 Å². The van der Waals surface area contributed by atoms with Crippen molar-refractivity contribution in [2.75, 3.05) is 10.6 Å². The van der Waals surface area contributed by atoms with Gasteiger partial charge in [0.2, 0.25) is 0 Å². The van der Waals surface area contributed by atoms with Crippen molar-refractivity contribution in [2.45, 2.75) is 6.92 Å². The van der Waals surface area contributed by atoms with E-state index < -0.39 is 0 Å². The van der Waals surface area contributed by atoms with Crippen LogP contribution in [0.15, 0.2) is 67.0 Å². The summed E-state index contributed by atoms with van der Waals surface area (Å²) in [6.07, 6.45) is 3.09. The van der Waals surface area contributed by atoms with E-state index in [9.17, 15) is 9.59 Å². The maximum absolute atomic E-state index is 12.4. The summed E-state index contributed by atoms with van der Waals surface area (Å²) in [4.78, 5) is 28.0. The minimum absolute atomic E-state index is 0.0126. The van der Waals surface area contributed by atoms with Gasteiger partial charge in [-0.2, -0.15) is 0 Å². The van der Waals surface area contributed by atoms with Crippen LogP contribution < -0.4 is 10.6 Å². The van der Waals surface area contributed by atoms with Crippen molar-refractivity contribution < 1.29 is 9.59 Å². The van der Waals surface area contributed by atoms with Crippen LogP contribution in [0, 0.1) is 0 Å². The minimum atomic E-state index is -0.291. The standard InChI is InChI=1S/C20H16ClN3O2/c1-13(25)14-4-2-6-17(8-14)23-19-9-15(11-22-12-19)20(26)24-18-7-3-5-16(21)10-18/h2-12,23H,1H3,(H,24,26). The van der Waals surface area contributed by atoms with Gasteiger partial charge < -0.3 is 10.6 Å². The molecular formula is C20H16ClN3O2. The smallest absolute Gasteiger partial charge is 0.257 e. The normalized spacial score (nSPS) is 10.2. The lowest BCUT2D eigenvalue weighted by molar-refractivity contribution is 0.101. The summed E-state index contributed by atoms with van der Waals surface area (Å²) >= 11 is 5.93. The van der Waals surface area contributed by atoms with Crippen LogP contribution in [0.3, 0.4) is 0 Å². The van der Waals surface area contributed by atoms with E-state index in [4.69, 9.17) is 11.6 Å². The molecule has 3 aromatic rings. The molecule has 3 rings (SSSR count). The number of anilines is 3. The van der Waals surface area contributed by atoms with Crippen LogP contribution in [0.4, 0.5) is 17.1 Å². The molecule has 2 aromatic carbocycles. The highest BCUT2D eigenvalue weighted by atomic mass is 35.5. The molecule has 0 aliphatic rings. The average Bonchev–Trinajstić information content (AvgIpc) is 2.62. The van der Waals surface area contributed by atoms with Gasteiger partial charge in [0, 0.05) is 28.2 Å². The fraction of sp³-hybridized carbons (Fsp3) is 0.0500. The van der Waals surface area contributed by atoms with Gasteiger partial charge in [0.25, 0.3) is 5.91 Å². The Morgan fingerprint density at radius 3 is 2.38 bits per heavy atom. The first-order valence-electron chi connectivity index (χ1n) is 7.91. The second kappa shape index (κ2) is 7.80. The van der Waals surface area contributed by atoms with E-state index >= 15 is 0 Å². The molecule has 0 aliphatic carbocycles. The predicted molar refractivity (Wildman–Crippen MR) is 103 cm³/mol. The van der Waals surface area contributed by atoms with Crippen molar-refractivity contribution in [2.24, 2.45) is 0 Å². The monoisotopic (exact) mass is 365 g/mol. The molecule has 0 radical (unpaired) electrons. The van der Waals surface area contributed by atoms with Crippen molar-refractivity contribution in [1.82, 2.24) is 4.98 Å². The third-order valence-electron chi connectivity index (χ3n) is 3.64. The van der Waals surface area contributed by atoms with Gasteiger partial charge in [0.05, 0.1) is 17.4 Å². The molecule has 5 nitrogen and oxygen atoms in total. The van der Waals surface area contributed by atoms with E-state index in [0.717, 1.165) is 5.69 Å². The topological polar surface area (TPSA) is 71.1 Å². The molecule has 0 atom stereocenters. The molecule has 2 N–H and O–H groups in total. The average molecular weight is 366 g/mol.